The molecule has 18 heavy (non-hydrogen) atoms. The maximum absolute atomic E-state index is 6.07. The van der Waals surface area contributed by atoms with Crippen LogP contribution in [-0.4, -0.2) is 14.5 Å². The number of pyridine rings is 1. The van der Waals surface area contributed by atoms with Crippen molar-refractivity contribution in [3.63, 3.8) is 0 Å². The predicted octanol–water partition coefficient (Wildman–Crippen LogP) is 2.76. The number of imidazole rings is 1. The molecule has 0 amide bonds. The molecule has 1 aliphatic rings. The highest BCUT2D eigenvalue weighted by Crippen LogP contribution is 2.53. The molecule has 0 spiro atoms. The molecule has 1 fully saturated rings. The number of rotatable bonds is 3. The van der Waals surface area contributed by atoms with E-state index < -0.39 is 0 Å². The van der Waals surface area contributed by atoms with Crippen LogP contribution in [0.25, 0.3) is 11.2 Å². The van der Waals surface area contributed by atoms with Gasteiger partial charge in [0.2, 0.25) is 5.95 Å². The van der Waals surface area contributed by atoms with Crippen LogP contribution >= 0.6 is 0 Å². The van der Waals surface area contributed by atoms with Crippen LogP contribution in [0.15, 0.2) is 12.3 Å². The maximum Gasteiger partial charge on any atom is 0.202 e. The standard InChI is InChI=1S/C14H20N4/c1-9(2)14(5-6-14)8-18-12-11(17-13(18)15)10(3)4-7-16-12/h4,7,9H,5-6,8H2,1-3H3,(H2,15,17). The molecule has 2 aromatic rings. The van der Waals surface area contributed by atoms with E-state index in [2.05, 4.69) is 35.3 Å². The normalized spacial score (nSPS) is 17.6. The van der Waals surface area contributed by atoms with E-state index in [0.29, 0.717) is 17.3 Å². The molecule has 0 unspecified atom stereocenters. The van der Waals surface area contributed by atoms with Gasteiger partial charge in [0.25, 0.3) is 0 Å². The van der Waals surface area contributed by atoms with Crippen molar-refractivity contribution in [1.29, 1.82) is 0 Å². The quantitative estimate of drug-likeness (QED) is 0.903. The summed E-state index contributed by atoms with van der Waals surface area (Å²) in [6.07, 6.45) is 4.41. The van der Waals surface area contributed by atoms with Crippen LogP contribution in [0.1, 0.15) is 32.3 Å². The summed E-state index contributed by atoms with van der Waals surface area (Å²) < 4.78 is 2.09. The molecular formula is C14H20N4. The second kappa shape index (κ2) is 3.70. The van der Waals surface area contributed by atoms with Gasteiger partial charge in [0.05, 0.1) is 0 Å². The third-order valence-corrected chi connectivity index (χ3v) is 4.46. The van der Waals surface area contributed by atoms with Gasteiger partial charge in [0.15, 0.2) is 5.65 Å². The summed E-state index contributed by atoms with van der Waals surface area (Å²) in [5.41, 5.74) is 9.49. The number of nitrogens with two attached hydrogens (primary N) is 1. The molecule has 0 aromatic carbocycles. The molecule has 0 atom stereocenters. The number of fused-ring (bicyclic) bond motifs is 1. The van der Waals surface area contributed by atoms with Gasteiger partial charge < -0.3 is 5.73 Å². The predicted molar refractivity (Wildman–Crippen MR) is 73.2 cm³/mol. The van der Waals surface area contributed by atoms with Crippen molar-refractivity contribution in [2.75, 3.05) is 5.73 Å². The van der Waals surface area contributed by atoms with E-state index >= 15 is 0 Å². The molecule has 4 heteroatoms. The number of nitrogens with zero attached hydrogens (tertiary/aromatic N) is 3. The first-order valence-electron chi connectivity index (χ1n) is 6.61. The van der Waals surface area contributed by atoms with E-state index in [0.717, 1.165) is 23.3 Å². The molecule has 3 rings (SSSR count). The Balaban J connectivity index is 2.07. The Morgan fingerprint density at radius 1 is 1.44 bits per heavy atom. The zero-order valence-electron chi connectivity index (χ0n) is 11.3. The molecule has 0 aliphatic heterocycles. The van der Waals surface area contributed by atoms with E-state index in [1.165, 1.54) is 12.8 Å². The zero-order valence-corrected chi connectivity index (χ0v) is 11.3. The minimum Gasteiger partial charge on any atom is -0.369 e. The Kier molecular flexibility index (Phi) is 2.37. The Morgan fingerprint density at radius 2 is 2.17 bits per heavy atom. The number of nitrogen functional groups attached to an aromatic ring is 1. The van der Waals surface area contributed by atoms with E-state index in [-0.39, 0.29) is 0 Å². The number of anilines is 1. The van der Waals surface area contributed by atoms with Crippen molar-refractivity contribution < 1.29 is 0 Å². The summed E-state index contributed by atoms with van der Waals surface area (Å²) in [5, 5.41) is 0. The average Bonchev–Trinajstić information content (AvgIpc) is 3.03. The number of hydrogen-bond acceptors (Lipinski definition) is 3. The fourth-order valence-electron chi connectivity index (χ4n) is 2.70. The molecule has 1 aliphatic carbocycles. The van der Waals surface area contributed by atoms with E-state index in [9.17, 15) is 0 Å². The van der Waals surface area contributed by atoms with Crippen LogP contribution < -0.4 is 5.73 Å². The van der Waals surface area contributed by atoms with Crippen molar-refractivity contribution in [1.82, 2.24) is 14.5 Å². The van der Waals surface area contributed by atoms with Gasteiger partial charge in [0, 0.05) is 12.7 Å². The SMILES string of the molecule is Cc1ccnc2c1nc(N)n2CC1(C(C)C)CC1. The van der Waals surface area contributed by atoms with Crippen molar-refractivity contribution in [3.05, 3.63) is 17.8 Å². The van der Waals surface area contributed by atoms with Crippen LogP contribution in [-0.2, 0) is 6.54 Å². The summed E-state index contributed by atoms with van der Waals surface area (Å²) in [4.78, 5) is 8.92. The lowest BCUT2D eigenvalue weighted by atomic mass is 9.92. The fourth-order valence-corrected chi connectivity index (χ4v) is 2.70. The van der Waals surface area contributed by atoms with E-state index in [4.69, 9.17) is 5.73 Å². The van der Waals surface area contributed by atoms with Crippen LogP contribution in [0.3, 0.4) is 0 Å². The van der Waals surface area contributed by atoms with Gasteiger partial charge in [-0.05, 0) is 42.7 Å². The van der Waals surface area contributed by atoms with Crippen LogP contribution in [0.4, 0.5) is 5.95 Å². The lowest BCUT2D eigenvalue weighted by molar-refractivity contribution is 0.313. The highest BCUT2D eigenvalue weighted by atomic mass is 15.2. The number of aromatic nitrogens is 3. The number of hydrogen-bond donors (Lipinski definition) is 1. The molecule has 1 saturated carbocycles. The van der Waals surface area contributed by atoms with Gasteiger partial charge in [-0.2, -0.15) is 0 Å². The summed E-state index contributed by atoms with van der Waals surface area (Å²) in [6.45, 7) is 7.58. The van der Waals surface area contributed by atoms with Crippen LogP contribution in [0.5, 0.6) is 0 Å². The fraction of sp³-hybridized carbons (Fsp3) is 0.571. The second-order valence-electron chi connectivity index (χ2n) is 5.87. The minimum absolute atomic E-state index is 0.410. The second-order valence-corrected chi connectivity index (χ2v) is 5.87. The van der Waals surface area contributed by atoms with Crippen molar-refractivity contribution >= 4 is 17.1 Å². The van der Waals surface area contributed by atoms with Gasteiger partial charge in [-0.15, -0.1) is 0 Å². The first-order chi connectivity index (χ1) is 8.53. The smallest absolute Gasteiger partial charge is 0.202 e. The van der Waals surface area contributed by atoms with Crippen molar-refractivity contribution in [2.24, 2.45) is 11.3 Å². The molecule has 0 saturated heterocycles. The third kappa shape index (κ3) is 1.59. The first kappa shape index (κ1) is 11.5. The lowest BCUT2D eigenvalue weighted by Gasteiger charge is -2.20. The molecule has 2 N–H and O–H groups in total. The van der Waals surface area contributed by atoms with Crippen LogP contribution in [0, 0.1) is 18.3 Å². The molecule has 2 heterocycles. The summed E-state index contributed by atoms with van der Waals surface area (Å²) in [6, 6.07) is 1.98. The Morgan fingerprint density at radius 3 is 2.78 bits per heavy atom. The van der Waals surface area contributed by atoms with Gasteiger partial charge >= 0.3 is 0 Å². The average molecular weight is 244 g/mol. The highest BCUT2D eigenvalue weighted by molar-refractivity contribution is 5.77. The number of aryl methyl sites for hydroxylation is 1. The van der Waals surface area contributed by atoms with Crippen LogP contribution in [0.2, 0.25) is 0 Å². The van der Waals surface area contributed by atoms with E-state index in [1.807, 2.05) is 12.3 Å². The molecular weight excluding hydrogens is 224 g/mol. The topological polar surface area (TPSA) is 56.7 Å². The minimum atomic E-state index is 0.410. The van der Waals surface area contributed by atoms with E-state index in [1.54, 1.807) is 0 Å². The Hall–Kier alpha value is -1.58. The van der Waals surface area contributed by atoms with Gasteiger partial charge in [-0.3, -0.25) is 4.57 Å². The first-order valence-corrected chi connectivity index (χ1v) is 6.61. The third-order valence-electron chi connectivity index (χ3n) is 4.46. The summed E-state index contributed by atoms with van der Waals surface area (Å²) in [5.74, 6) is 1.28. The van der Waals surface area contributed by atoms with Gasteiger partial charge in [0.1, 0.15) is 5.52 Å². The Bertz CT molecular complexity index is 593. The largest absolute Gasteiger partial charge is 0.369 e. The van der Waals surface area contributed by atoms with Crippen molar-refractivity contribution in [2.45, 2.75) is 40.2 Å². The van der Waals surface area contributed by atoms with Crippen molar-refractivity contribution in [3.8, 4) is 0 Å². The Labute approximate surface area is 107 Å². The maximum atomic E-state index is 6.07. The zero-order chi connectivity index (χ0) is 12.9. The molecule has 0 bridgehead atoms. The summed E-state index contributed by atoms with van der Waals surface area (Å²) >= 11 is 0. The lowest BCUT2D eigenvalue weighted by Crippen LogP contribution is -2.19. The molecule has 0 radical (unpaired) electrons. The van der Waals surface area contributed by atoms with Gasteiger partial charge in [-0.1, -0.05) is 13.8 Å². The van der Waals surface area contributed by atoms with Gasteiger partial charge in [-0.25, -0.2) is 9.97 Å². The molecule has 96 valence electrons. The molecule has 2 aromatic heterocycles. The molecule has 4 nitrogen and oxygen atoms in total. The monoisotopic (exact) mass is 244 g/mol. The highest BCUT2D eigenvalue weighted by Gasteiger charge is 2.46. The summed E-state index contributed by atoms with van der Waals surface area (Å²) in [7, 11) is 0.